The minimum Gasteiger partial charge on any atom is -0.460 e. The number of carbonyl (C=O) groups excluding carboxylic acids is 2. The highest BCUT2D eigenvalue weighted by Crippen LogP contribution is 2.19. The quantitative estimate of drug-likeness (QED) is 0.682. The van der Waals surface area contributed by atoms with E-state index in [0.717, 1.165) is 17.7 Å². The molecule has 2 amide bonds. The van der Waals surface area contributed by atoms with Gasteiger partial charge < -0.3 is 15.4 Å². The summed E-state index contributed by atoms with van der Waals surface area (Å²) in [7, 11) is 0. The Kier molecular flexibility index (Phi) is 5.01. The highest BCUT2D eigenvalue weighted by atomic mass is 35.5. The maximum atomic E-state index is 12.1. The van der Waals surface area contributed by atoms with Crippen LogP contribution in [0.4, 0.5) is 4.79 Å². The zero-order valence-corrected chi connectivity index (χ0v) is 12.6. The van der Waals surface area contributed by atoms with Crippen molar-refractivity contribution >= 4 is 23.6 Å². The predicted molar refractivity (Wildman–Crippen MR) is 77.7 cm³/mol. The summed E-state index contributed by atoms with van der Waals surface area (Å²) in [6.45, 7) is 2.89. The van der Waals surface area contributed by atoms with Gasteiger partial charge in [-0.05, 0) is 25.8 Å². The number of halogens is 1. The van der Waals surface area contributed by atoms with E-state index in [1.165, 1.54) is 4.90 Å². The van der Waals surface area contributed by atoms with Gasteiger partial charge in [-0.15, -0.1) is 0 Å². The van der Waals surface area contributed by atoms with Crippen LogP contribution in [0.5, 0.6) is 0 Å². The van der Waals surface area contributed by atoms with Crippen molar-refractivity contribution < 1.29 is 14.3 Å². The molecule has 1 atom stereocenters. The molecule has 114 valence electrons. The van der Waals surface area contributed by atoms with Crippen molar-refractivity contribution in [2.24, 2.45) is 11.7 Å². The second-order valence-corrected chi connectivity index (χ2v) is 5.50. The number of aryl methyl sites for hydroxylation is 1. The Morgan fingerprint density at radius 1 is 1.52 bits per heavy atom. The van der Waals surface area contributed by atoms with Gasteiger partial charge in [-0.25, -0.2) is 9.78 Å². The lowest BCUT2D eigenvalue weighted by molar-refractivity contribution is -0.151. The molecule has 1 fully saturated rings. The molecule has 6 nitrogen and oxygen atoms in total. The van der Waals surface area contributed by atoms with Crippen molar-refractivity contribution in [3.05, 3.63) is 28.5 Å². The van der Waals surface area contributed by atoms with Crippen LogP contribution >= 0.6 is 11.6 Å². The molecule has 0 bridgehead atoms. The number of ether oxygens (including phenoxy) is 1. The van der Waals surface area contributed by atoms with Gasteiger partial charge in [-0.1, -0.05) is 17.7 Å². The standard InChI is InChI=1S/C14H18ClN3O3/c1-9-11(4-5-12(15)17-9)8-21-13(19)10-3-2-6-18(7-10)14(16)20/h4-5,10H,2-3,6-8H2,1H3,(H2,16,20)/t10-/m0/s1. The van der Waals surface area contributed by atoms with Crippen LogP contribution in [0, 0.1) is 12.8 Å². The topological polar surface area (TPSA) is 85.5 Å². The van der Waals surface area contributed by atoms with E-state index in [1.807, 2.05) is 6.92 Å². The molecule has 0 saturated carbocycles. The third kappa shape index (κ3) is 4.07. The highest BCUT2D eigenvalue weighted by molar-refractivity contribution is 6.29. The highest BCUT2D eigenvalue weighted by Gasteiger charge is 2.28. The Morgan fingerprint density at radius 3 is 2.95 bits per heavy atom. The maximum Gasteiger partial charge on any atom is 0.314 e. The molecular formula is C14H18ClN3O3. The number of nitrogens with two attached hydrogens (primary N) is 1. The first kappa shape index (κ1) is 15.6. The Bertz CT molecular complexity index is 550. The van der Waals surface area contributed by atoms with Gasteiger partial charge in [0.1, 0.15) is 11.8 Å². The third-order valence-corrected chi connectivity index (χ3v) is 3.81. The molecule has 2 N–H and O–H groups in total. The van der Waals surface area contributed by atoms with E-state index in [9.17, 15) is 9.59 Å². The number of carbonyl (C=O) groups is 2. The largest absolute Gasteiger partial charge is 0.460 e. The number of primary amides is 1. The van der Waals surface area contributed by atoms with Crippen LogP contribution in [0.1, 0.15) is 24.1 Å². The first-order valence-electron chi connectivity index (χ1n) is 6.80. The van der Waals surface area contributed by atoms with Gasteiger partial charge in [0.05, 0.1) is 5.92 Å². The fourth-order valence-electron chi connectivity index (χ4n) is 2.35. The summed E-state index contributed by atoms with van der Waals surface area (Å²) >= 11 is 5.78. The van der Waals surface area contributed by atoms with Crippen LogP contribution < -0.4 is 5.73 Å². The molecule has 21 heavy (non-hydrogen) atoms. The van der Waals surface area contributed by atoms with Crippen molar-refractivity contribution in [2.45, 2.75) is 26.4 Å². The SMILES string of the molecule is Cc1nc(Cl)ccc1COC(=O)[C@H]1CCCN(C(N)=O)C1. The Labute approximate surface area is 128 Å². The second-order valence-electron chi connectivity index (χ2n) is 5.11. The lowest BCUT2D eigenvalue weighted by Crippen LogP contribution is -2.45. The maximum absolute atomic E-state index is 12.1. The molecule has 2 heterocycles. The predicted octanol–water partition coefficient (Wildman–Crippen LogP) is 1.88. The van der Waals surface area contributed by atoms with E-state index in [1.54, 1.807) is 12.1 Å². The number of nitrogens with zero attached hydrogens (tertiary/aromatic N) is 2. The van der Waals surface area contributed by atoms with Crippen molar-refractivity contribution in [3.8, 4) is 0 Å². The molecule has 7 heteroatoms. The first-order chi connectivity index (χ1) is 9.97. The number of amides is 2. The molecule has 0 aromatic carbocycles. The van der Waals surface area contributed by atoms with Gasteiger partial charge in [0.2, 0.25) is 0 Å². The average molecular weight is 312 g/mol. The molecule has 1 aromatic rings. The molecule has 0 radical (unpaired) electrons. The Balaban J connectivity index is 1.90. The molecule has 2 rings (SSSR count). The molecular weight excluding hydrogens is 294 g/mol. The lowest BCUT2D eigenvalue weighted by Gasteiger charge is -2.30. The second kappa shape index (κ2) is 6.76. The summed E-state index contributed by atoms with van der Waals surface area (Å²) < 4.78 is 5.32. The van der Waals surface area contributed by atoms with Crippen LogP contribution in [0.2, 0.25) is 5.15 Å². The van der Waals surface area contributed by atoms with Crippen LogP contribution in [-0.2, 0) is 16.1 Å². The Hall–Kier alpha value is -1.82. The minimum atomic E-state index is -0.495. The van der Waals surface area contributed by atoms with Gasteiger partial charge in [-0.3, -0.25) is 4.79 Å². The van der Waals surface area contributed by atoms with Gasteiger partial charge in [0.15, 0.2) is 0 Å². The van der Waals surface area contributed by atoms with Gasteiger partial charge >= 0.3 is 12.0 Å². The normalized spacial score (nSPS) is 18.4. The van der Waals surface area contributed by atoms with E-state index in [0.29, 0.717) is 24.7 Å². The number of pyridine rings is 1. The summed E-state index contributed by atoms with van der Waals surface area (Å²) in [6, 6.07) is 2.95. The molecule has 1 aromatic heterocycles. The first-order valence-corrected chi connectivity index (χ1v) is 7.18. The number of likely N-dealkylation sites (tertiary alicyclic amines) is 1. The fourth-order valence-corrected chi connectivity index (χ4v) is 2.54. The summed E-state index contributed by atoms with van der Waals surface area (Å²) in [4.78, 5) is 28.8. The van der Waals surface area contributed by atoms with Crippen molar-refractivity contribution in [1.29, 1.82) is 0 Å². The van der Waals surface area contributed by atoms with E-state index >= 15 is 0 Å². The average Bonchev–Trinajstić information content (AvgIpc) is 2.46. The number of piperidine rings is 1. The smallest absolute Gasteiger partial charge is 0.314 e. The van der Waals surface area contributed by atoms with Crippen molar-refractivity contribution in [3.63, 3.8) is 0 Å². The molecule has 0 aliphatic carbocycles. The van der Waals surface area contributed by atoms with Crippen molar-refractivity contribution in [2.75, 3.05) is 13.1 Å². The summed E-state index contributed by atoms with van der Waals surface area (Å²) in [5.41, 5.74) is 6.79. The number of hydrogen-bond acceptors (Lipinski definition) is 4. The van der Waals surface area contributed by atoms with Crippen LogP contribution in [0.3, 0.4) is 0 Å². The molecule has 0 unspecified atom stereocenters. The van der Waals surface area contributed by atoms with Crippen LogP contribution in [0.15, 0.2) is 12.1 Å². The third-order valence-electron chi connectivity index (χ3n) is 3.60. The van der Waals surface area contributed by atoms with E-state index in [2.05, 4.69) is 4.98 Å². The van der Waals surface area contributed by atoms with E-state index < -0.39 is 6.03 Å². The zero-order chi connectivity index (χ0) is 15.4. The number of esters is 1. The zero-order valence-electron chi connectivity index (χ0n) is 11.8. The van der Waals surface area contributed by atoms with E-state index in [-0.39, 0.29) is 18.5 Å². The van der Waals surface area contributed by atoms with Crippen molar-refractivity contribution in [1.82, 2.24) is 9.88 Å². The summed E-state index contributed by atoms with van der Waals surface area (Å²) in [6.07, 6.45) is 1.46. The molecule has 1 aliphatic heterocycles. The Morgan fingerprint density at radius 2 is 2.29 bits per heavy atom. The minimum absolute atomic E-state index is 0.155. The van der Waals surface area contributed by atoms with E-state index in [4.69, 9.17) is 22.1 Å². The molecule has 1 aliphatic rings. The van der Waals surface area contributed by atoms with Crippen LogP contribution in [-0.4, -0.2) is 35.0 Å². The number of rotatable bonds is 3. The molecule has 1 saturated heterocycles. The monoisotopic (exact) mass is 311 g/mol. The fraction of sp³-hybridized carbons (Fsp3) is 0.500. The van der Waals surface area contributed by atoms with Gasteiger partial charge in [0, 0.05) is 24.3 Å². The number of hydrogen-bond donors (Lipinski definition) is 1. The summed E-state index contributed by atoms with van der Waals surface area (Å²) in [5.74, 6) is -0.623. The van der Waals surface area contributed by atoms with Gasteiger partial charge in [-0.2, -0.15) is 0 Å². The van der Waals surface area contributed by atoms with Crippen LogP contribution in [0.25, 0.3) is 0 Å². The number of urea groups is 1. The molecule has 0 spiro atoms. The van der Waals surface area contributed by atoms with Gasteiger partial charge in [0.25, 0.3) is 0 Å². The lowest BCUT2D eigenvalue weighted by atomic mass is 9.98. The number of aromatic nitrogens is 1. The summed E-state index contributed by atoms with van der Waals surface area (Å²) in [5, 5.41) is 0.409.